The summed E-state index contributed by atoms with van der Waals surface area (Å²) in [4.78, 5) is 38.9. The fourth-order valence-electron chi connectivity index (χ4n) is 7.06. The Balaban J connectivity index is 0.963. The molecule has 3 aromatic rings. The summed E-state index contributed by atoms with van der Waals surface area (Å²) in [6.07, 6.45) is 9.92. The van der Waals surface area contributed by atoms with Crippen LogP contribution in [0, 0.1) is 5.41 Å². The molecule has 6 nitrogen and oxygen atoms in total. The van der Waals surface area contributed by atoms with E-state index in [2.05, 4.69) is 57.2 Å². The van der Waals surface area contributed by atoms with Gasteiger partial charge in [-0.2, -0.15) is 0 Å². The van der Waals surface area contributed by atoms with Crippen LogP contribution in [0.2, 0.25) is 0 Å². The van der Waals surface area contributed by atoms with Crippen LogP contribution in [0.5, 0.6) is 0 Å². The lowest BCUT2D eigenvalue weighted by Gasteiger charge is -2.47. The molecule has 2 fully saturated rings. The Bertz CT molecular complexity index is 1380. The van der Waals surface area contributed by atoms with E-state index >= 15 is 0 Å². The molecule has 1 spiro atoms. The van der Waals surface area contributed by atoms with Gasteiger partial charge >= 0.3 is 0 Å². The van der Waals surface area contributed by atoms with Gasteiger partial charge in [0, 0.05) is 67.8 Å². The number of pyridine rings is 1. The molecule has 2 saturated heterocycles. The lowest BCUT2D eigenvalue weighted by molar-refractivity contribution is -0.131. The summed E-state index contributed by atoms with van der Waals surface area (Å²) in [5.41, 5.74) is 6.05. The lowest BCUT2D eigenvalue weighted by atomic mass is 9.71. The molecule has 1 aromatic heterocycles. The number of piperidine rings is 2. The van der Waals surface area contributed by atoms with Crippen LogP contribution in [0.3, 0.4) is 0 Å². The van der Waals surface area contributed by atoms with Gasteiger partial charge in [-0.1, -0.05) is 24.3 Å². The lowest BCUT2D eigenvalue weighted by Crippen LogP contribution is -2.48. The fourth-order valence-corrected chi connectivity index (χ4v) is 8.34. The van der Waals surface area contributed by atoms with Crippen molar-refractivity contribution < 1.29 is 9.59 Å². The average Bonchev–Trinajstić information content (AvgIpc) is 3.46. The van der Waals surface area contributed by atoms with Gasteiger partial charge in [0.05, 0.1) is 5.25 Å². The van der Waals surface area contributed by atoms with Crippen LogP contribution in [0.4, 0.5) is 5.69 Å². The van der Waals surface area contributed by atoms with Crippen molar-refractivity contribution in [3.05, 3.63) is 89.2 Å². The molecule has 0 N–H and O–H groups in total. The zero-order valence-corrected chi connectivity index (χ0v) is 23.7. The minimum atomic E-state index is -0.0407. The van der Waals surface area contributed by atoms with E-state index in [1.165, 1.54) is 34.6 Å². The number of nitrogens with zero attached hydrogens (tertiary/aromatic N) is 4. The third-order valence-corrected chi connectivity index (χ3v) is 11.0. The summed E-state index contributed by atoms with van der Waals surface area (Å²) < 4.78 is 0. The summed E-state index contributed by atoms with van der Waals surface area (Å²) in [7, 11) is 0. The predicted octanol–water partition coefficient (Wildman–Crippen LogP) is 5.21. The highest BCUT2D eigenvalue weighted by Gasteiger charge is 2.39. The Morgan fingerprint density at radius 2 is 1.55 bits per heavy atom. The van der Waals surface area contributed by atoms with Crippen molar-refractivity contribution in [2.45, 2.75) is 55.2 Å². The van der Waals surface area contributed by atoms with Crippen LogP contribution in [0.15, 0.2) is 71.9 Å². The van der Waals surface area contributed by atoms with Crippen molar-refractivity contribution in [2.75, 3.05) is 37.6 Å². The van der Waals surface area contributed by atoms with E-state index < -0.39 is 0 Å². The predicted molar refractivity (Wildman–Crippen MR) is 159 cm³/mol. The van der Waals surface area contributed by atoms with E-state index in [-0.39, 0.29) is 17.1 Å². The molecule has 0 aliphatic carbocycles. The van der Waals surface area contributed by atoms with Crippen LogP contribution in [-0.2, 0) is 24.2 Å². The molecule has 206 valence electrons. The Kier molecular flexibility index (Phi) is 6.78. The Morgan fingerprint density at radius 1 is 0.800 bits per heavy atom. The first-order chi connectivity index (χ1) is 19.6. The number of carbonyl (C=O) groups excluding carboxylic acids is 2. The summed E-state index contributed by atoms with van der Waals surface area (Å²) >= 11 is 1.70. The average molecular weight is 553 g/mol. The van der Waals surface area contributed by atoms with Gasteiger partial charge < -0.3 is 14.7 Å². The first-order valence-electron chi connectivity index (χ1n) is 14.7. The third kappa shape index (κ3) is 4.89. The van der Waals surface area contributed by atoms with E-state index in [0.717, 1.165) is 69.5 Å². The van der Waals surface area contributed by atoms with Crippen LogP contribution in [0.1, 0.15) is 52.7 Å². The molecule has 0 radical (unpaired) electrons. The molecule has 1 unspecified atom stereocenters. The maximum absolute atomic E-state index is 13.6. The number of rotatable bonds is 3. The van der Waals surface area contributed by atoms with E-state index in [1.807, 2.05) is 29.4 Å². The highest BCUT2D eigenvalue weighted by Crippen LogP contribution is 2.42. The molecule has 5 heterocycles. The molecule has 0 bridgehead atoms. The van der Waals surface area contributed by atoms with Crippen molar-refractivity contribution in [3.63, 3.8) is 0 Å². The standard InChI is InChI=1S/C33H36N4O2S/c38-31(36-19-12-33(13-20-36)10-17-35(18-11-33)28-7-14-34-15-8-28)26-6-5-24-9-16-37(23-27(24)21-26)32(39)30-22-25-3-1-2-4-29(25)40-30/h1-8,14-15,21,30H,9-13,16-20,22-23H2. The second kappa shape index (κ2) is 10.6. The number of fused-ring (bicyclic) bond motifs is 2. The molecule has 4 aliphatic rings. The number of benzene rings is 2. The number of anilines is 1. The zero-order chi connectivity index (χ0) is 27.1. The van der Waals surface area contributed by atoms with Gasteiger partial charge in [-0.15, -0.1) is 11.8 Å². The smallest absolute Gasteiger partial charge is 0.253 e. The molecule has 2 aromatic carbocycles. The van der Waals surface area contributed by atoms with Crippen LogP contribution in [-0.4, -0.2) is 64.6 Å². The van der Waals surface area contributed by atoms with Crippen LogP contribution >= 0.6 is 11.8 Å². The zero-order valence-electron chi connectivity index (χ0n) is 22.9. The van der Waals surface area contributed by atoms with Gasteiger partial charge in [0.25, 0.3) is 5.91 Å². The van der Waals surface area contributed by atoms with Crippen molar-refractivity contribution in [1.29, 1.82) is 0 Å². The maximum atomic E-state index is 13.6. The maximum Gasteiger partial charge on any atom is 0.253 e. The second-order valence-electron chi connectivity index (χ2n) is 11.9. The van der Waals surface area contributed by atoms with Crippen LogP contribution < -0.4 is 4.90 Å². The van der Waals surface area contributed by atoms with Crippen molar-refractivity contribution in [2.24, 2.45) is 5.41 Å². The summed E-state index contributed by atoms with van der Waals surface area (Å²) in [6, 6.07) is 18.7. The Labute approximate surface area is 240 Å². The van der Waals surface area contributed by atoms with E-state index in [9.17, 15) is 9.59 Å². The summed E-state index contributed by atoms with van der Waals surface area (Å²) in [6.45, 7) is 5.15. The van der Waals surface area contributed by atoms with Crippen molar-refractivity contribution >= 4 is 29.3 Å². The fraction of sp³-hybridized carbons (Fsp3) is 0.424. The van der Waals surface area contributed by atoms with Crippen molar-refractivity contribution in [1.82, 2.24) is 14.8 Å². The summed E-state index contributed by atoms with van der Waals surface area (Å²) in [5, 5.41) is -0.0407. The minimum absolute atomic E-state index is 0.0407. The molecule has 4 aliphatic heterocycles. The van der Waals surface area contributed by atoms with Gasteiger partial charge in [-0.05, 0) is 91.0 Å². The van der Waals surface area contributed by atoms with E-state index in [0.29, 0.717) is 12.0 Å². The molecule has 40 heavy (non-hydrogen) atoms. The number of aromatic nitrogens is 1. The van der Waals surface area contributed by atoms with Gasteiger partial charge in [-0.25, -0.2) is 0 Å². The molecule has 7 heteroatoms. The third-order valence-electron chi connectivity index (χ3n) is 9.66. The molecule has 2 amide bonds. The quantitative estimate of drug-likeness (QED) is 0.447. The number of amides is 2. The van der Waals surface area contributed by atoms with Gasteiger partial charge in [0.1, 0.15) is 0 Å². The normalized spacial score (nSPS) is 21.7. The van der Waals surface area contributed by atoms with Gasteiger partial charge in [0.2, 0.25) is 5.91 Å². The molecular formula is C33H36N4O2S. The summed E-state index contributed by atoms with van der Waals surface area (Å²) in [5.74, 6) is 0.358. The Morgan fingerprint density at radius 3 is 2.33 bits per heavy atom. The van der Waals surface area contributed by atoms with Crippen molar-refractivity contribution in [3.8, 4) is 0 Å². The van der Waals surface area contributed by atoms with E-state index in [4.69, 9.17) is 0 Å². The molecule has 1 atom stereocenters. The monoisotopic (exact) mass is 552 g/mol. The number of carbonyl (C=O) groups is 2. The number of thioether (sulfide) groups is 1. The minimum Gasteiger partial charge on any atom is -0.371 e. The number of likely N-dealkylation sites (tertiary alicyclic amines) is 1. The molecule has 0 saturated carbocycles. The molecular weight excluding hydrogens is 516 g/mol. The van der Waals surface area contributed by atoms with E-state index in [1.54, 1.807) is 11.8 Å². The molecule has 7 rings (SSSR count). The number of hydrogen-bond acceptors (Lipinski definition) is 5. The number of hydrogen-bond donors (Lipinski definition) is 0. The first kappa shape index (κ1) is 25.6. The highest BCUT2D eigenvalue weighted by molar-refractivity contribution is 8.01. The van der Waals surface area contributed by atoms with Crippen LogP contribution in [0.25, 0.3) is 0 Å². The second-order valence-corrected chi connectivity index (χ2v) is 13.1. The van der Waals surface area contributed by atoms with Gasteiger partial charge in [0.15, 0.2) is 0 Å². The largest absolute Gasteiger partial charge is 0.371 e. The topological polar surface area (TPSA) is 56.8 Å². The SMILES string of the molecule is O=C(c1ccc2c(c1)CN(C(=O)C1Cc3ccccc3S1)CC2)N1CCC2(CC1)CCN(c1ccncc1)CC2. The Hall–Kier alpha value is -3.32. The first-order valence-corrected chi connectivity index (χ1v) is 15.5. The highest BCUT2D eigenvalue weighted by atomic mass is 32.2. The van der Waals surface area contributed by atoms with Gasteiger partial charge in [-0.3, -0.25) is 14.6 Å².